The van der Waals surface area contributed by atoms with Crippen LogP contribution in [0.5, 0.6) is 0 Å². The second-order valence-corrected chi connectivity index (χ2v) is 30.4. The maximum atomic E-state index is 15.5. The molecule has 0 aliphatic carbocycles. The number of carbonyl (C=O) groups is 6. The highest BCUT2D eigenvalue weighted by molar-refractivity contribution is 7.19. The summed E-state index contributed by atoms with van der Waals surface area (Å²) in [5.41, 5.74) is 3.11. The number of unbranched alkanes of at least 4 members (excludes halogenated alkanes) is 26. The molecule has 0 unspecified atom stereocenters. The van der Waals surface area contributed by atoms with E-state index in [9.17, 15) is 9.59 Å². The van der Waals surface area contributed by atoms with Gasteiger partial charge in [0.2, 0.25) is 0 Å². The number of nitrogens with zero attached hydrogens (tertiary/aromatic N) is 2. The zero-order valence-electron chi connectivity index (χ0n) is 60.3. The van der Waals surface area contributed by atoms with Gasteiger partial charge in [-0.25, -0.2) is 9.59 Å². The number of imide groups is 2. The van der Waals surface area contributed by atoms with Crippen LogP contribution in [-0.4, -0.2) is 83.2 Å². The number of thiophene rings is 2. The Morgan fingerprint density at radius 1 is 0.347 bits per heavy atom. The van der Waals surface area contributed by atoms with Gasteiger partial charge >= 0.3 is 12.3 Å². The van der Waals surface area contributed by atoms with Gasteiger partial charge in [-0.15, -0.1) is 22.7 Å². The van der Waals surface area contributed by atoms with Gasteiger partial charge in [0.1, 0.15) is 11.2 Å². The lowest BCUT2D eigenvalue weighted by Gasteiger charge is -2.34. The van der Waals surface area contributed by atoms with Gasteiger partial charge in [0.25, 0.3) is 23.6 Å². The summed E-state index contributed by atoms with van der Waals surface area (Å²) >= 11 is 3.02. The number of amides is 4. The van der Waals surface area contributed by atoms with E-state index in [0.29, 0.717) is 84.4 Å². The molecule has 0 saturated heterocycles. The number of hydrogen-bond acceptors (Lipinski definition) is 12. The quantitative estimate of drug-likeness (QED) is 0.0205. The van der Waals surface area contributed by atoms with Crippen LogP contribution in [0.4, 0.5) is 9.59 Å². The molecule has 0 atom stereocenters. The van der Waals surface area contributed by atoms with E-state index in [4.69, 9.17) is 18.9 Å². The Morgan fingerprint density at radius 3 is 0.980 bits per heavy atom. The van der Waals surface area contributed by atoms with Crippen molar-refractivity contribution in [1.29, 1.82) is 0 Å². The molecule has 2 aromatic heterocycles. The number of carbonyl (C=O) groups excluding carboxylic acids is 6. The highest BCUT2D eigenvalue weighted by Gasteiger charge is 2.43. The Kier molecular flexibility index (Phi) is 31.9. The van der Waals surface area contributed by atoms with Crippen LogP contribution in [0.1, 0.15) is 314 Å². The molecule has 8 rings (SSSR count). The van der Waals surface area contributed by atoms with Crippen LogP contribution < -0.4 is 0 Å². The lowest BCUT2D eigenvalue weighted by atomic mass is 9.80. The minimum Gasteiger partial charge on any atom is -0.434 e. The smallest absolute Gasteiger partial charge is 0.434 e. The van der Waals surface area contributed by atoms with Crippen LogP contribution in [0.25, 0.3) is 52.5 Å². The van der Waals surface area contributed by atoms with Crippen LogP contribution in [0, 0.1) is 0 Å². The molecule has 98 heavy (non-hydrogen) atoms. The first-order valence-corrected chi connectivity index (χ1v) is 39.8. The summed E-state index contributed by atoms with van der Waals surface area (Å²) in [5, 5.41) is 0.669. The molecular weight excluding hydrogens is 1260 g/mol. The summed E-state index contributed by atoms with van der Waals surface area (Å²) in [6.07, 6.45) is 35.1. The van der Waals surface area contributed by atoms with E-state index in [1.807, 2.05) is 84.9 Å². The molecule has 2 aliphatic rings. The van der Waals surface area contributed by atoms with Gasteiger partial charge in [-0.05, 0) is 151 Å². The van der Waals surface area contributed by atoms with E-state index in [1.54, 1.807) is 12.1 Å². The van der Waals surface area contributed by atoms with Crippen molar-refractivity contribution in [3.8, 4) is 41.8 Å². The maximum absolute atomic E-state index is 15.5. The predicted octanol–water partition coefficient (Wildman–Crippen LogP) is 24.8. The molecule has 0 bridgehead atoms. The maximum Gasteiger partial charge on any atom is 0.508 e. The molecule has 0 spiro atoms. The largest absolute Gasteiger partial charge is 0.508 e. The number of ether oxygens (including phenoxy) is 4. The molecule has 0 N–H and O–H groups in total. The van der Waals surface area contributed by atoms with Gasteiger partial charge in [0.05, 0.1) is 24.3 Å². The second kappa shape index (κ2) is 40.6. The van der Waals surface area contributed by atoms with Crippen LogP contribution in [0.2, 0.25) is 0 Å². The van der Waals surface area contributed by atoms with Gasteiger partial charge in [-0.1, -0.05) is 230 Å². The highest BCUT2D eigenvalue weighted by Crippen LogP contribution is 2.49. The number of hydrogen-bond donors (Lipinski definition) is 0. The summed E-state index contributed by atoms with van der Waals surface area (Å²) < 4.78 is 23.7. The molecule has 4 heterocycles. The monoisotopic (exact) mass is 1370 g/mol. The van der Waals surface area contributed by atoms with Crippen LogP contribution >= 0.6 is 22.7 Å². The zero-order chi connectivity index (χ0) is 69.5. The van der Waals surface area contributed by atoms with Gasteiger partial charge < -0.3 is 18.9 Å². The summed E-state index contributed by atoms with van der Waals surface area (Å²) in [6, 6.07) is 31.6. The first-order valence-electron chi connectivity index (χ1n) is 38.2. The Morgan fingerprint density at radius 2 is 0.643 bits per heavy atom. The third kappa shape index (κ3) is 22.2. The Hall–Kier alpha value is -6.64. The minimum absolute atomic E-state index is 0.145. The second-order valence-electron chi connectivity index (χ2n) is 28.2. The average molecular weight is 1380 g/mol. The van der Waals surface area contributed by atoms with E-state index in [-0.39, 0.29) is 37.4 Å². The fourth-order valence-electron chi connectivity index (χ4n) is 14.2. The minimum atomic E-state index is -0.621. The molecule has 532 valence electrons. The molecule has 4 amide bonds. The van der Waals surface area contributed by atoms with E-state index >= 15 is 19.2 Å². The van der Waals surface area contributed by atoms with E-state index in [1.165, 1.54) is 135 Å². The molecule has 6 aromatic rings. The van der Waals surface area contributed by atoms with E-state index < -0.39 is 47.1 Å². The Bertz CT molecular complexity index is 3220. The standard InChI is InChI=1S/C84H114N2O10S2/c1-7-11-15-19-23-37-53-83(5,54-38-24-20-16-12-8-2)95-81(91)93-59-43-29-27-41-57-85-77(87)67-61-66(72-52-50-70(98-72)64-47-35-32-36-48-64)76-74-68(62-65(75(73(67)74)79(85)89)71-51-49-69(97-71)63-45-33-31-34-46-63)78(88)86(80(76)90)58-42-28-30-44-60-94-82(92)96-84(6,55-39-25-21-17-13-9-3)56-40-26-22-18-14-10-4/h31-36,45-52,61-62H,7-30,37-44,53-60H2,1-6H3. The van der Waals surface area contributed by atoms with Crippen LogP contribution in [-0.2, 0) is 18.9 Å². The third-order valence-corrected chi connectivity index (χ3v) is 22.4. The number of rotatable bonds is 48. The molecule has 4 aromatic carbocycles. The molecular formula is C84H114N2O10S2. The van der Waals surface area contributed by atoms with Crippen LogP contribution in [0.15, 0.2) is 97.1 Å². The molecule has 0 saturated carbocycles. The van der Waals surface area contributed by atoms with Crippen molar-refractivity contribution >= 4 is 69.4 Å². The topological polar surface area (TPSA) is 146 Å². The van der Waals surface area contributed by atoms with Gasteiger partial charge in [-0.3, -0.25) is 29.0 Å². The molecule has 2 aliphatic heterocycles. The first-order chi connectivity index (χ1) is 47.7. The predicted molar refractivity (Wildman–Crippen MR) is 403 cm³/mol. The zero-order valence-corrected chi connectivity index (χ0v) is 61.9. The summed E-state index contributed by atoms with van der Waals surface area (Å²) in [5.74, 6) is -1.88. The Balaban J connectivity index is 0.976. The number of benzene rings is 4. The average Bonchev–Trinajstić information content (AvgIpc) is 0.864. The normalized spacial score (nSPS) is 13.1. The van der Waals surface area contributed by atoms with Gasteiger partial charge in [0, 0.05) is 65.6 Å². The summed E-state index contributed by atoms with van der Waals surface area (Å²) in [4.78, 5) is 94.4. The van der Waals surface area contributed by atoms with Gasteiger partial charge in [-0.2, -0.15) is 0 Å². The Labute approximate surface area is 594 Å². The first kappa shape index (κ1) is 77.1. The van der Waals surface area contributed by atoms with Crippen molar-refractivity contribution in [2.75, 3.05) is 26.3 Å². The fourth-order valence-corrected chi connectivity index (χ4v) is 16.3. The van der Waals surface area contributed by atoms with Crippen molar-refractivity contribution in [2.24, 2.45) is 0 Å². The van der Waals surface area contributed by atoms with Crippen molar-refractivity contribution in [1.82, 2.24) is 9.80 Å². The fraction of sp³-hybridized carbons (Fsp3) is 0.571. The van der Waals surface area contributed by atoms with Crippen molar-refractivity contribution in [3.63, 3.8) is 0 Å². The van der Waals surface area contributed by atoms with Crippen LogP contribution in [0.3, 0.4) is 0 Å². The van der Waals surface area contributed by atoms with Gasteiger partial charge in [0.15, 0.2) is 0 Å². The molecule has 12 nitrogen and oxygen atoms in total. The van der Waals surface area contributed by atoms with Crippen molar-refractivity contribution in [3.05, 3.63) is 119 Å². The third-order valence-electron chi connectivity index (χ3n) is 20.0. The summed E-state index contributed by atoms with van der Waals surface area (Å²) in [6.45, 7) is 13.7. The van der Waals surface area contributed by atoms with Crippen molar-refractivity contribution in [2.45, 2.75) is 284 Å². The highest BCUT2D eigenvalue weighted by atomic mass is 32.1. The molecule has 0 fully saturated rings. The summed E-state index contributed by atoms with van der Waals surface area (Å²) in [7, 11) is 0. The van der Waals surface area contributed by atoms with E-state index in [0.717, 1.165) is 108 Å². The molecule has 0 radical (unpaired) electrons. The lowest BCUT2D eigenvalue weighted by molar-refractivity contribution is -0.0382. The van der Waals surface area contributed by atoms with E-state index in [2.05, 4.69) is 41.5 Å². The SMILES string of the molecule is CCCCCCCCC(C)(CCCCCCCC)OC(=O)OCCCCCCN1C(=O)c2cc(-c3ccc(-c4ccccc4)s3)c3c4c(cc(-c5ccc(-c6ccccc6)s5)c(c24)C1=O)C(=O)N(CCCCCCOC(=O)OC(C)(CCCCCCCC)CCCCCCCC)C3=O. The lowest BCUT2D eigenvalue weighted by Crippen LogP contribution is -2.44. The molecule has 14 heteroatoms. The van der Waals surface area contributed by atoms with Crippen molar-refractivity contribution < 1.29 is 47.7 Å².